The molecule has 2 heterocycles. The standard InChI is InChI=1S/C70H110N10O12/c1-47(2)43-89-64(82)41-77-26-25-76(29-31-79(69(86)92-46-50(7)8)32-30-78(28-27-77)42-65(83)90-44-48(3)4)40-63(81)72-22-16-24-75(11)23-15-21-71-56-19-20-59(57(38-56)51(9)10)80-60(66-61(87-12)17-14-18-62(66)88-13)39-58(74-80)67(84)73-70(68(85)91-45-49(5)6)54-34-52-33-53(36-54)37-55(70)35-52/h14,17-20,38-39,47-55,71H,15-16,21-37,40-46H2,1-13H3,(H,72,81)(H,73,84). The largest absolute Gasteiger partial charge is 0.496 e. The number of benzene rings is 2. The van der Waals surface area contributed by atoms with Crippen LogP contribution in [0.15, 0.2) is 42.5 Å². The van der Waals surface area contributed by atoms with Crippen molar-refractivity contribution >= 4 is 41.5 Å². The van der Waals surface area contributed by atoms with Crippen LogP contribution in [-0.2, 0) is 38.1 Å². The molecule has 22 heteroatoms. The second-order valence-electron chi connectivity index (χ2n) is 28.1. The molecule has 0 unspecified atom stereocenters. The van der Waals surface area contributed by atoms with E-state index in [1.807, 2.05) is 105 Å². The van der Waals surface area contributed by atoms with E-state index in [2.05, 4.69) is 47.8 Å². The van der Waals surface area contributed by atoms with E-state index in [1.165, 1.54) is 6.42 Å². The number of carbonyl (C=O) groups is 6. The molecule has 4 bridgehead atoms. The van der Waals surface area contributed by atoms with Gasteiger partial charge in [-0.25, -0.2) is 14.3 Å². The van der Waals surface area contributed by atoms with Crippen molar-refractivity contribution in [2.45, 2.75) is 126 Å². The molecule has 1 aliphatic heterocycles. The van der Waals surface area contributed by atoms with Gasteiger partial charge in [-0.15, -0.1) is 0 Å². The van der Waals surface area contributed by atoms with E-state index < -0.39 is 17.5 Å². The van der Waals surface area contributed by atoms with Crippen molar-refractivity contribution in [2.24, 2.45) is 47.3 Å². The van der Waals surface area contributed by atoms with Crippen LogP contribution in [0.4, 0.5) is 10.5 Å². The Kier molecular flexibility index (Phi) is 27.9. The van der Waals surface area contributed by atoms with Crippen molar-refractivity contribution in [3.63, 3.8) is 0 Å². The fourth-order valence-electron chi connectivity index (χ4n) is 13.4. The molecule has 0 radical (unpaired) electrons. The number of aromatic nitrogens is 2. The van der Waals surface area contributed by atoms with E-state index in [-0.39, 0.29) is 104 Å². The molecule has 4 saturated carbocycles. The minimum atomic E-state index is -1.12. The quantitative estimate of drug-likeness (QED) is 0.0312. The topological polar surface area (TPSA) is 228 Å². The first kappa shape index (κ1) is 72.9. The number of ether oxygens (including phenoxy) is 6. The number of methoxy groups -OCH3 is 2. The highest BCUT2D eigenvalue weighted by molar-refractivity contribution is 5.98. The van der Waals surface area contributed by atoms with Crippen molar-refractivity contribution in [1.82, 2.24) is 44.9 Å². The third-order valence-corrected chi connectivity index (χ3v) is 18.1. The molecule has 512 valence electrons. The monoisotopic (exact) mass is 1280 g/mol. The third kappa shape index (κ3) is 20.8. The molecule has 2 aromatic carbocycles. The van der Waals surface area contributed by atoms with Crippen LogP contribution in [0.1, 0.15) is 136 Å². The van der Waals surface area contributed by atoms with Crippen molar-refractivity contribution in [3.05, 3.63) is 53.7 Å². The molecule has 3 N–H and O–H groups in total. The van der Waals surface area contributed by atoms with Crippen molar-refractivity contribution in [2.75, 3.05) is 151 Å². The highest BCUT2D eigenvalue weighted by atomic mass is 16.6. The highest BCUT2D eigenvalue weighted by Gasteiger charge is 2.63. The smallest absolute Gasteiger partial charge is 0.409 e. The lowest BCUT2D eigenvalue weighted by Crippen LogP contribution is -2.70. The van der Waals surface area contributed by atoms with E-state index >= 15 is 0 Å². The fourth-order valence-corrected chi connectivity index (χ4v) is 13.4. The second kappa shape index (κ2) is 35.1. The summed E-state index contributed by atoms with van der Waals surface area (Å²) in [5, 5.41) is 15.2. The molecule has 5 aliphatic rings. The maximum Gasteiger partial charge on any atom is 0.409 e. The van der Waals surface area contributed by atoms with Gasteiger partial charge < -0.3 is 54.2 Å². The molecule has 1 saturated heterocycles. The van der Waals surface area contributed by atoms with Gasteiger partial charge in [0.2, 0.25) is 5.91 Å². The number of hydrogen-bond acceptors (Lipinski definition) is 18. The van der Waals surface area contributed by atoms with E-state index in [0.29, 0.717) is 113 Å². The van der Waals surface area contributed by atoms with Gasteiger partial charge >= 0.3 is 24.0 Å². The summed E-state index contributed by atoms with van der Waals surface area (Å²) < 4.78 is 36.5. The predicted octanol–water partition coefficient (Wildman–Crippen LogP) is 8.46. The van der Waals surface area contributed by atoms with Crippen molar-refractivity contribution in [1.29, 1.82) is 0 Å². The summed E-state index contributed by atoms with van der Waals surface area (Å²) in [6.45, 7) is 27.6. The SMILES string of the molecule is COc1cccc(OC)c1-c1cc(C(=O)NC2(C(=O)OCC(C)C)C3CC4CC(C3)CC2C4)nn1-c1ccc(NCCCN(C)CCCNC(=O)CN2CCN(CC(=O)OCC(C)C)CCN(CC(=O)OCC(C)C)CCN(C(=O)OCC(C)C)CC2)cc1C(C)C. The number of amides is 3. The summed E-state index contributed by atoms with van der Waals surface area (Å²) >= 11 is 0. The minimum Gasteiger partial charge on any atom is -0.496 e. The first-order valence-corrected chi connectivity index (χ1v) is 34.0. The van der Waals surface area contributed by atoms with Crippen LogP contribution in [0.2, 0.25) is 0 Å². The van der Waals surface area contributed by atoms with Crippen LogP contribution < -0.4 is 25.4 Å². The Bertz CT molecular complexity index is 2840. The summed E-state index contributed by atoms with van der Waals surface area (Å²) in [6.07, 6.45) is 5.95. The Morgan fingerprint density at radius 2 is 1.11 bits per heavy atom. The van der Waals surface area contributed by atoms with Gasteiger partial charge in [0.25, 0.3) is 5.91 Å². The number of esters is 3. The normalized spacial score (nSPS) is 20.8. The molecule has 5 fully saturated rings. The van der Waals surface area contributed by atoms with Crippen LogP contribution in [0.3, 0.4) is 0 Å². The Hall–Kier alpha value is -6.49. The van der Waals surface area contributed by atoms with Crippen molar-refractivity contribution in [3.8, 4) is 28.4 Å². The number of rotatable bonds is 31. The lowest BCUT2D eigenvalue weighted by molar-refractivity contribution is -0.171. The van der Waals surface area contributed by atoms with Gasteiger partial charge in [0.15, 0.2) is 5.69 Å². The summed E-state index contributed by atoms with van der Waals surface area (Å²) in [4.78, 5) is 92.5. The summed E-state index contributed by atoms with van der Waals surface area (Å²) in [7, 11) is 5.30. The number of nitrogens with zero attached hydrogens (tertiary/aromatic N) is 7. The first-order chi connectivity index (χ1) is 44.0. The van der Waals surface area contributed by atoms with Gasteiger partial charge in [-0.2, -0.15) is 5.10 Å². The molecule has 1 aromatic heterocycles. The van der Waals surface area contributed by atoms with Gasteiger partial charge in [-0.3, -0.25) is 33.9 Å². The lowest BCUT2D eigenvalue weighted by Gasteiger charge is -2.59. The number of nitrogens with one attached hydrogen (secondary N) is 3. The van der Waals surface area contributed by atoms with Gasteiger partial charge in [0, 0.05) is 71.1 Å². The summed E-state index contributed by atoms with van der Waals surface area (Å²) in [5.74, 6) is 1.42. The van der Waals surface area contributed by atoms with Crippen LogP contribution in [0, 0.1) is 47.3 Å². The Morgan fingerprint density at radius 3 is 1.63 bits per heavy atom. The van der Waals surface area contributed by atoms with Crippen molar-refractivity contribution < 1.29 is 57.2 Å². The van der Waals surface area contributed by atoms with E-state index in [1.54, 1.807) is 25.2 Å². The maximum atomic E-state index is 14.9. The lowest BCUT2D eigenvalue weighted by atomic mass is 9.48. The average molecular weight is 1280 g/mol. The Labute approximate surface area is 547 Å². The molecule has 3 aromatic rings. The molecule has 3 amide bonds. The molecule has 22 nitrogen and oxygen atoms in total. The van der Waals surface area contributed by atoms with E-state index in [9.17, 15) is 28.8 Å². The average Bonchev–Trinajstić information content (AvgIpc) is 0.778. The zero-order valence-electron chi connectivity index (χ0n) is 57.7. The Balaban J connectivity index is 0.962. The van der Waals surface area contributed by atoms with Crippen LogP contribution in [0.5, 0.6) is 11.5 Å². The number of anilines is 1. The van der Waals surface area contributed by atoms with E-state index in [0.717, 1.165) is 68.6 Å². The van der Waals surface area contributed by atoms with Crippen LogP contribution in [0.25, 0.3) is 16.9 Å². The second-order valence-corrected chi connectivity index (χ2v) is 28.1. The molecular formula is C70H110N10O12. The third-order valence-electron chi connectivity index (χ3n) is 18.1. The molecule has 4 aliphatic carbocycles. The summed E-state index contributed by atoms with van der Waals surface area (Å²) in [5.41, 5.74) is 3.05. The molecule has 0 atom stereocenters. The zero-order valence-corrected chi connectivity index (χ0v) is 57.7. The Morgan fingerprint density at radius 1 is 0.609 bits per heavy atom. The van der Waals surface area contributed by atoms with Gasteiger partial charge in [0.05, 0.1) is 77.2 Å². The number of carbonyl (C=O) groups excluding carboxylic acids is 6. The molecular weight excluding hydrogens is 1170 g/mol. The van der Waals surface area contributed by atoms with E-state index in [4.69, 9.17) is 33.5 Å². The van der Waals surface area contributed by atoms with Gasteiger partial charge in [-0.1, -0.05) is 75.3 Å². The predicted molar refractivity (Wildman–Crippen MR) is 356 cm³/mol. The fraction of sp³-hybridized carbons (Fsp3) is 0.700. The summed E-state index contributed by atoms with van der Waals surface area (Å²) in [6, 6.07) is 13.6. The first-order valence-electron chi connectivity index (χ1n) is 34.0. The van der Waals surface area contributed by atoms with Crippen LogP contribution in [-0.4, -0.2) is 222 Å². The molecule has 92 heavy (non-hydrogen) atoms. The molecule has 8 rings (SSSR count). The molecule has 0 spiro atoms. The highest BCUT2D eigenvalue weighted by Crippen LogP contribution is 2.59. The van der Waals surface area contributed by atoms with Gasteiger partial charge in [-0.05, 0) is 160 Å². The van der Waals surface area contributed by atoms with Crippen LogP contribution >= 0.6 is 0 Å². The minimum absolute atomic E-state index is 0.000303. The maximum absolute atomic E-state index is 14.9. The number of hydrogen-bond donors (Lipinski definition) is 3. The zero-order chi connectivity index (χ0) is 66.6. The van der Waals surface area contributed by atoms with Gasteiger partial charge in [0.1, 0.15) is 17.0 Å².